The third-order valence-electron chi connectivity index (χ3n) is 0. The molecule has 0 aliphatic carbocycles. The standard InChI is InChI=1S/CH3O.CH3.Zn/c1-2;;/h2H,1H2;1H3;/q2*-1;+2. The summed E-state index contributed by atoms with van der Waals surface area (Å²) in [5, 5.41) is 6.75. The third-order valence-corrected chi connectivity index (χ3v) is 0. The summed E-state index contributed by atoms with van der Waals surface area (Å²) in [4.78, 5) is 0. The Labute approximate surface area is 39.8 Å². The minimum Gasteiger partial charge on any atom is -0.569 e. The normalized spacial score (nSPS) is 1.50. The van der Waals surface area contributed by atoms with Crippen LogP contribution in [0.4, 0.5) is 0 Å². The summed E-state index contributed by atoms with van der Waals surface area (Å²) in [5.74, 6) is 0. The first kappa shape index (κ1) is 23.5. The van der Waals surface area contributed by atoms with Crippen molar-refractivity contribution in [1.29, 1.82) is 0 Å². The van der Waals surface area contributed by atoms with Gasteiger partial charge in [0.15, 0.2) is 0 Å². The first-order valence-corrected chi connectivity index (χ1v) is 0.316. The van der Waals surface area contributed by atoms with Crippen LogP contribution >= 0.6 is 0 Å². The van der Waals surface area contributed by atoms with E-state index in [1.807, 2.05) is 0 Å². The van der Waals surface area contributed by atoms with Gasteiger partial charge in [-0.3, -0.25) is 0 Å². The van der Waals surface area contributed by atoms with Crippen molar-refractivity contribution in [3.63, 3.8) is 0 Å². The van der Waals surface area contributed by atoms with Crippen LogP contribution in [0.15, 0.2) is 0 Å². The molecule has 0 spiro atoms. The maximum Gasteiger partial charge on any atom is 2.00 e. The Morgan fingerprint density at radius 2 is 1.25 bits per heavy atom. The van der Waals surface area contributed by atoms with Gasteiger partial charge in [0, 0.05) is 0 Å². The second-order valence-electron chi connectivity index (χ2n) is 0. The van der Waals surface area contributed by atoms with E-state index in [0.717, 1.165) is 0 Å². The van der Waals surface area contributed by atoms with Crippen LogP contribution in [0.1, 0.15) is 0 Å². The first-order valence-electron chi connectivity index (χ1n) is 0.316. The van der Waals surface area contributed by atoms with Crippen LogP contribution in [0, 0.1) is 14.5 Å². The van der Waals surface area contributed by atoms with E-state index in [1.54, 1.807) is 0 Å². The van der Waals surface area contributed by atoms with Gasteiger partial charge in [0.1, 0.15) is 0 Å². The molecule has 0 saturated heterocycles. The fourth-order valence-corrected chi connectivity index (χ4v) is 0. The van der Waals surface area contributed by atoms with Crippen molar-refractivity contribution in [3.05, 3.63) is 14.5 Å². The van der Waals surface area contributed by atoms with Crippen molar-refractivity contribution in [1.82, 2.24) is 0 Å². The third kappa shape index (κ3) is 19.0. The van der Waals surface area contributed by atoms with E-state index in [1.165, 1.54) is 0 Å². The molecule has 22 valence electrons. The molecule has 2 heteroatoms. The van der Waals surface area contributed by atoms with E-state index in [-0.39, 0.29) is 26.9 Å². The zero-order valence-electron chi connectivity index (χ0n) is 2.86. The second-order valence-corrected chi connectivity index (χ2v) is 0. The van der Waals surface area contributed by atoms with Crippen molar-refractivity contribution in [2.45, 2.75) is 0 Å². The molecule has 0 aliphatic heterocycles. The van der Waals surface area contributed by atoms with Gasteiger partial charge in [-0.25, -0.2) is 7.11 Å². The SMILES string of the molecule is [CH2-]O.[CH3-].[Zn+2]. The molecule has 0 saturated carbocycles. The van der Waals surface area contributed by atoms with Gasteiger partial charge in [0.2, 0.25) is 0 Å². The van der Waals surface area contributed by atoms with Crippen LogP contribution in [0.5, 0.6) is 0 Å². The van der Waals surface area contributed by atoms with Gasteiger partial charge in [0.05, 0.1) is 0 Å². The van der Waals surface area contributed by atoms with Gasteiger partial charge in [-0.2, -0.15) is 0 Å². The minimum atomic E-state index is 0. The summed E-state index contributed by atoms with van der Waals surface area (Å²) in [7, 11) is 2.25. The Balaban J connectivity index is -0.00000000500. The molecule has 0 fully saturated rings. The fourth-order valence-electron chi connectivity index (χ4n) is 0. The molecule has 1 N–H and O–H groups in total. The molecule has 4 heavy (non-hydrogen) atoms. The maximum atomic E-state index is 6.75. The molecular weight excluding hydrogens is 105 g/mol. The second kappa shape index (κ2) is 70.3. The summed E-state index contributed by atoms with van der Waals surface area (Å²) < 4.78 is 0. The maximum absolute atomic E-state index is 6.75. The Morgan fingerprint density at radius 1 is 1.25 bits per heavy atom. The van der Waals surface area contributed by atoms with Gasteiger partial charge in [-0.1, -0.05) is 0 Å². The molecule has 0 bridgehead atoms. The first-order chi connectivity index (χ1) is 1.00. The number of hydrogen-bond donors (Lipinski definition) is 1. The molecule has 0 amide bonds. The van der Waals surface area contributed by atoms with Crippen molar-refractivity contribution in [3.8, 4) is 0 Å². The number of aliphatic hydroxyl groups excluding tert-OH is 1. The van der Waals surface area contributed by atoms with Crippen LogP contribution in [0.3, 0.4) is 0 Å². The molecule has 0 heterocycles. The van der Waals surface area contributed by atoms with E-state index >= 15 is 0 Å². The van der Waals surface area contributed by atoms with Crippen LogP contribution in [0.2, 0.25) is 0 Å². The predicted octanol–water partition coefficient (Wildman–Crippen LogP) is 0.598. The monoisotopic (exact) mass is 110 g/mol. The Kier molecular flexibility index (Phi) is 412. The summed E-state index contributed by atoms with van der Waals surface area (Å²) in [6.45, 7) is 0. The molecule has 0 aromatic carbocycles. The van der Waals surface area contributed by atoms with Gasteiger partial charge in [-0.15, -0.1) is 0 Å². The van der Waals surface area contributed by atoms with E-state index in [0.29, 0.717) is 0 Å². The topological polar surface area (TPSA) is 20.2 Å². The van der Waals surface area contributed by atoms with E-state index < -0.39 is 0 Å². The van der Waals surface area contributed by atoms with Crippen LogP contribution in [-0.4, -0.2) is 5.11 Å². The van der Waals surface area contributed by atoms with Gasteiger partial charge in [-0.05, 0) is 0 Å². The predicted molar refractivity (Wildman–Crippen MR) is 13.7 cm³/mol. The smallest absolute Gasteiger partial charge is 0.569 e. The van der Waals surface area contributed by atoms with Crippen LogP contribution in [-0.2, 0) is 19.5 Å². The van der Waals surface area contributed by atoms with Crippen LogP contribution in [0.25, 0.3) is 0 Å². The van der Waals surface area contributed by atoms with Gasteiger partial charge in [0.25, 0.3) is 0 Å². The summed E-state index contributed by atoms with van der Waals surface area (Å²) in [6, 6.07) is 0. The Hall–Kier alpha value is 0.583. The van der Waals surface area contributed by atoms with E-state index in [9.17, 15) is 0 Å². The van der Waals surface area contributed by atoms with Crippen molar-refractivity contribution in [2.24, 2.45) is 0 Å². The number of aliphatic hydroxyl groups is 1. The molecular formula is C2H6OZn. The number of rotatable bonds is 0. The van der Waals surface area contributed by atoms with Crippen molar-refractivity contribution < 1.29 is 24.6 Å². The molecule has 0 aromatic heterocycles. The quantitative estimate of drug-likeness (QED) is 0.359. The molecule has 0 aliphatic rings. The van der Waals surface area contributed by atoms with Gasteiger partial charge < -0.3 is 12.5 Å². The van der Waals surface area contributed by atoms with E-state index in [4.69, 9.17) is 5.11 Å². The summed E-state index contributed by atoms with van der Waals surface area (Å²) >= 11 is 0. The van der Waals surface area contributed by atoms with Crippen molar-refractivity contribution in [2.75, 3.05) is 0 Å². The Bertz CT molecular complexity index is 6.00. The molecule has 0 aromatic rings. The summed E-state index contributed by atoms with van der Waals surface area (Å²) in [6.07, 6.45) is 0. The largest absolute Gasteiger partial charge is 2.00 e. The number of hydrogen-bond acceptors (Lipinski definition) is 1. The average molecular weight is 111 g/mol. The molecule has 1 nitrogen and oxygen atoms in total. The van der Waals surface area contributed by atoms with E-state index in [2.05, 4.69) is 7.11 Å². The molecule has 0 atom stereocenters. The average Bonchev–Trinajstić information content (AvgIpc) is 1.00. The molecule has 0 radical (unpaired) electrons. The summed E-state index contributed by atoms with van der Waals surface area (Å²) in [5.41, 5.74) is 0. The minimum absolute atomic E-state index is 0. The fraction of sp³-hybridized carbons (Fsp3) is 0. The van der Waals surface area contributed by atoms with Gasteiger partial charge >= 0.3 is 19.5 Å². The van der Waals surface area contributed by atoms with Crippen LogP contribution < -0.4 is 0 Å². The molecule has 0 rings (SSSR count). The zero-order chi connectivity index (χ0) is 2.00. The van der Waals surface area contributed by atoms with Crippen molar-refractivity contribution >= 4 is 0 Å². The zero-order valence-corrected chi connectivity index (χ0v) is 5.83. The Morgan fingerprint density at radius 3 is 1.25 bits per heavy atom. The molecule has 0 unspecified atom stereocenters.